The first-order valence-corrected chi connectivity index (χ1v) is 14.7. The van der Waals surface area contributed by atoms with Crippen molar-refractivity contribution in [2.24, 2.45) is 11.8 Å². The molecule has 0 spiro atoms. The van der Waals surface area contributed by atoms with Crippen molar-refractivity contribution >= 4 is 39.2 Å². The Morgan fingerprint density at radius 2 is 2.00 bits per heavy atom. The molecule has 38 heavy (non-hydrogen) atoms. The van der Waals surface area contributed by atoms with Gasteiger partial charge in [-0.25, -0.2) is 4.98 Å². The van der Waals surface area contributed by atoms with Gasteiger partial charge in [-0.3, -0.25) is 14.5 Å². The van der Waals surface area contributed by atoms with Crippen LogP contribution >= 0.6 is 11.3 Å². The number of amides is 1. The molecule has 8 nitrogen and oxygen atoms in total. The summed E-state index contributed by atoms with van der Waals surface area (Å²) in [6, 6.07) is 7.66. The monoisotopic (exact) mass is 537 g/mol. The number of aromatic nitrogens is 3. The second-order valence-electron chi connectivity index (χ2n) is 10.8. The number of carbonyl (C=O) groups excluding carboxylic acids is 1. The summed E-state index contributed by atoms with van der Waals surface area (Å²) in [7, 11) is 0. The average Bonchev–Trinajstić information content (AvgIpc) is 3.49. The summed E-state index contributed by atoms with van der Waals surface area (Å²) in [5.41, 5.74) is 3.89. The molecule has 2 N–H and O–H groups in total. The van der Waals surface area contributed by atoms with Crippen LogP contribution < -0.4 is 5.56 Å². The van der Waals surface area contributed by atoms with Crippen LogP contribution in [0.15, 0.2) is 39.8 Å². The number of likely N-dealkylation sites (tertiary alicyclic amines) is 1. The number of H-pyrrole nitrogens is 2. The number of hydrogen-bond acceptors (Lipinski definition) is 6. The van der Waals surface area contributed by atoms with Crippen molar-refractivity contribution in [3.8, 4) is 11.4 Å². The average molecular weight is 538 g/mol. The second-order valence-corrected chi connectivity index (χ2v) is 11.5. The van der Waals surface area contributed by atoms with Gasteiger partial charge in [0.2, 0.25) is 0 Å². The number of ether oxygens (including phenoxy) is 1. The zero-order valence-corrected chi connectivity index (χ0v) is 22.7. The van der Waals surface area contributed by atoms with Crippen LogP contribution in [0.3, 0.4) is 0 Å². The first-order chi connectivity index (χ1) is 18.5. The van der Waals surface area contributed by atoms with E-state index in [1.165, 1.54) is 24.2 Å². The van der Waals surface area contributed by atoms with Crippen LogP contribution in [0.2, 0.25) is 0 Å². The van der Waals surface area contributed by atoms with E-state index in [1.54, 1.807) is 0 Å². The van der Waals surface area contributed by atoms with Gasteiger partial charge in [0.25, 0.3) is 11.5 Å². The Hall–Kier alpha value is -3.01. The predicted molar refractivity (Wildman–Crippen MR) is 156 cm³/mol. The van der Waals surface area contributed by atoms with Crippen molar-refractivity contribution < 1.29 is 12.4 Å². The van der Waals surface area contributed by atoms with Gasteiger partial charge in [0.15, 0.2) is 5.69 Å². The Labute approximate surface area is 229 Å². The number of hydrogen-bond donors (Lipinski definition) is 2. The molecule has 4 aromatic rings. The summed E-state index contributed by atoms with van der Waals surface area (Å²) in [5, 5.41) is 4.71. The summed E-state index contributed by atoms with van der Waals surface area (Å²) in [5.74, 6) is 1.41. The minimum Gasteiger partial charge on any atom is -0.379 e. The molecule has 0 bridgehead atoms. The lowest BCUT2D eigenvalue weighted by Crippen LogP contribution is -2.37. The van der Waals surface area contributed by atoms with Crippen molar-refractivity contribution in [1.82, 2.24) is 24.8 Å². The van der Waals surface area contributed by atoms with Gasteiger partial charge in [0, 0.05) is 56.3 Å². The lowest BCUT2D eigenvalue weighted by molar-refractivity contribution is 0.0342. The highest BCUT2D eigenvalue weighted by atomic mass is 32.1. The molecule has 0 radical (unpaired) electrons. The van der Waals surface area contributed by atoms with E-state index < -0.39 is 0 Å². The van der Waals surface area contributed by atoms with Crippen LogP contribution in [0.25, 0.3) is 33.3 Å². The van der Waals surface area contributed by atoms with E-state index in [-0.39, 0.29) is 14.3 Å². The molecule has 2 atom stereocenters. The Kier molecular flexibility index (Phi) is 7.32. The van der Waals surface area contributed by atoms with Crippen LogP contribution in [-0.2, 0) is 4.74 Å². The Bertz CT molecular complexity index is 1500. The minimum atomic E-state index is -0.225. The van der Waals surface area contributed by atoms with Crippen molar-refractivity contribution in [1.29, 1.82) is 0 Å². The van der Waals surface area contributed by atoms with E-state index in [4.69, 9.17) is 4.74 Å². The van der Waals surface area contributed by atoms with Gasteiger partial charge in [-0.2, -0.15) is 0 Å². The third-order valence-corrected chi connectivity index (χ3v) is 9.06. The standard InChI is InChI=1S/C29H35N5O3S.2H2/c1-19(6-9-33-11-13-37-14-12-33)20-3-2-8-34(10-7-20)29(36)21-4-5-23-22(15-21)16-24(30-23)27-28(35)32-26-18-38-17-25(26)31-27;;/h4-5,15-20,30H,2-3,6-14H2,1H3,(H,32,35);2*1H. The quantitative estimate of drug-likeness (QED) is 0.351. The topological polar surface area (TPSA) is 94.3 Å². The van der Waals surface area contributed by atoms with Crippen LogP contribution in [0.1, 0.15) is 45.8 Å². The SMILES string of the molecule is CC(CCN1CCOCC1)C1CCCN(C(=O)c2ccc3[nH]c(-c4nc5cscc5[nH]c4=O)cc3c2)CC1.[HH].[HH]. The third-order valence-electron chi connectivity index (χ3n) is 8.33. The van der Waals surface area contributed by atoms with Crippen molar-refractivity contribution in [2.75, 3.05) is 45.9 Å². The molecule has 2 saturated heterocycles. The van der Waals surface area contributed by atoms with Crippen LogP contribution in [0, 0.1) is 11.8 Å². The Balaban J connectivity index is 0.00000185. The molecular weight excluding hydrogens is 498 g/mol. The van der Waals surface area contributed by atoms with Crippen molar-refractivity contribution in [3.63, 3.8) is 0 Å². The number of morpholine rings is 1. The van der Waals surface area contributed by atoms with E-state index in [2.05, 4.69) is 26.8 Å². The minimum absolute atomic E-state index is 0. The predicted octanol–water partition coefficient (Wildman–Crippen LogP) is 5.23. The molecule has 3 aromatic heterocycles. The van der Waals surface area contributed by atoms with Gasteiger partial charge in [0.05, 0.1) is 29.9 Å². The number of aromatic amines is 2. The normalized spacial score (nSPS) is 20.1. The molecule has 1 amide bonds. The molecule has 0 aliphatic carbocycles. The van der Waals surface area contributed by atoms with Gasteiger partial charge in [-0.15, -0.1) is 11.3 Å². The fourth-order valence-corrected chi connectivity index (χ4v) is 6.61. The molecular formula is C29H39N5O3S. The summed E-state index contributed by atoms with van der Waals surface area (Å²) in [4.78, 5) is 41.4. The van der Waals surface area contributed by atoms with Crippen LogP contribution in [0.5, 0.6) is 0 Å². The molecule has 2 aliphatic rings. The zero-order valence-electron chi connectivity index (χ0n) is 21.9. The van der Waals surface area contributed by atoms with E-state index in [0.29, 0.717) is 28.8 Å². The maximum Gasteiger partial charge on any atom is 0.276 e. The van der Waals surface area contributed by atoms with E-state index in [9.17, 15) is 9.59 Å². The molecule has 5 heterocycles. The zero-order chi connectivity index (χ0) is 26.1. The number of rotatable bonds is 6. The van der Waals surface area contributed by atoms with E-state index in [1.807, 2.05) is 39.9 Å². The molecule has 0 saturated carbocycles. The first-order valence-electron chi connectivity index (χ1n) is 13.7. The van der Waals surface area contributed by atoms with Crippen LogP contribution in [-0.4, -0.2) is 76.6 Å². The maximum absolute atomic E-state index is 13.5. The Morgan fingerprint density at radius 1 is 1.13 bits per heavy atom. The molecule has 204 valence electrons. The number of carbonyl (C=O) groups is 1. The second kappa shape index (κ2) is 11.0. The maximum atomic E-state index is 13.5. The lowest BCUT2D eigenvalue weighted by Gasteiger charge is -2.29. The number of benzene rings is 1. The van der Waals surface area contributed by atoms with Gasteiger partial charge in [0.1, 0.15) is 0 Å². The summed E-state index contributed by atoms with van der Waals surface area (Å²) < 4.78 is 5.47. The highest BCUT2D eigenvalue weighted by Gasteiger charge is 2.25. The molecule has 9 heteroatoms. The highest BCUT2D eigenvalue weighted by Crippen LogP contribution is 2.29. The lowest BCUT2D eigenvalue weighted by atomic mass is 9.85. The number of fused-ring (bicyclic) bond motifs is 2. The van der Waals surface area contributed by atoms with Gasteiger partial charge in [-0.05, 0) is 68.3 Å². The van der Waals surface area contributed by atoms with Crippen molar-refractivity contribution in [2.45, 2.75) is 32.6 Å². The largest absolute Gasteiger partial charge is 0.379 e. The molecule has 1 aromatic carbocycles. The fourth-order valence-electron chi connectivity index (χ4n) is 5.92. The molecule has 2 fully saturated rings. The van der Waals surface area contributed by atoms with E-state index >= 15 is 0 Å². The summed E-state index contributed by atoms with van der Waals surface area (Å²) >= 11 is 1.51. The van der Waals surface area contributed by atoms with Crippen molar-refractivity contribution in [3.05, 3.63) is 50.9 Å². The van der Waals surface area contributed by atoms with Gasteiger partial charge < -0.3 is 19.6 Å². The van der Waals surface area contributed by atoms with Gasteiger partial charge in [-0.1, -0.05) is 6.92 Å². The number of nitrogens with zero attached hydrogens (tertiary/aromatic N) is 3. The Morgan fingerprint density at radius 3 is 2.87 bits per heavy atom. The first kappa shape index (κ1) is 25.3. The third kappa shape index (κ3) is 5.28. The number of thiophene rings is 1. The fraction of sp³-hybridized carbons (Fsp3) is 0.483. The summed E-state index contributed by atoms with van der Waals surface area (Å²) in [6.07, 6.45) is 4.51. The molecule has 2 aliphatic heterocycles. The smallest absolute Gasteiger partial charge is 0.276 e. The van der Waals surface area contributed by atoms with Gasteiger partial charge >= 0.3 is 0 Å². The molecule has 6 rings (SSSR count). The highest BCUT2D eigenvalue weighted by molar-refractivity contribution is 7.09. The van der Waals surface area contributed by atoms with Crippen LogP contribution in [0.4, 0.5) is 0 Å². The summed E-state index contributed by atoms with van der Waals surface area (Å²) in [6.45, 7) is 8.94. The van der Waals surface area contributed by atoms with E-state index in [0.717, 1.165) is 80.7 Å². The number of nitrogens with one attached hydrogen (secondary N) is 2. The molecule has 2 unspecified atom stereocenters.